The van der Waals surface area contributed by atoms with Crippen molar-refractivity contribution in [2.75, 3.05) is 19.6 Å². The van der Waals surface area contributed by atoms with Crippen molar-refractivity contribution in [2.24, 2.45) is 0 Å². The van der Waals surface area contributed by atoms with Crippen LogP contribution in [0.25, 0.3) is 11.3 Å². The Morgan fingerprint density at radius 2 is 2.33 bits per heavy atom. The third kappa shape index (κ3) is 1.67. The molecule has 0 saturated carbocycles. The molecule has 3 rings (SSSR count). The van der Waals surface area contributed by atoms with Crippen molar-refractivity contribution < 1.29 is 14.2 Å². The molecular formula is C12H13N3O3. The second kappa shape index (κ2) is 4.23. The number of nitrogens with zero attached hydrogens (tertiary/aromatic N) is 1. The molecule has 0 amide bonds. The molecule has 1 aromatic heterocycles. The minimum absolute atomic E-state index is 0.225. The maximum atomic E-state index is 5.64. The number of nitrogens with one attached hydrogen (secondary N) is 1. The Hall–Kier alpha value is -2.21. The van der Waals surface area contributed by atoms with Crippen LogP contribution in [0.1, 0.15) is 5.56 Å². The second-order valence-corrected chi connectivity index (χ2v) is 3.97. The van der Waals surface area contributed by atoms with Crippen molar-refractivity contribution in [2.45, 2.75) is 6.61 Å². The number of rotatable bonds is 3. The van der Waals surface area contributed by atoms with E-state index in [4.69, 9.17) is 19.9 Å². The smallest absolute Gasteiger partial charge is 0.231 e. The zero-order valence-electron chi connectivity index (χ0n) is 9.90. The quantitative estimate of drug-likeness (QED) is 0.859. The predicted molar refractivity (Wildman–Crippen MR) is 65.3 cm³/mol. The number of hydrogen-bond donors (Lipinski definition) is 2. The number of aromatic amines is 1. The van der Waals surface area contributed by atoms with E-state index in [1.807, 2.05) is 12.1 Å². The van der Waals surface area contributed by atoms with Gasteiger partial charge >= 0.3 is 0 Å². The van der Waals surface area contributed by atoms with Gasteiger partial charge in [-0.25, -0.2) is 0 Å². The van der Waals surface area contributed by atoms with E-state index >= 15 is 0 Å². The summed E-state index contributed by atoms with van der Waals surface area (Å²) in [6.07, 6.45) is 0. The van der Waals surface area contributed by atoms with Gasteiger partial charge in [0.1, 0.15) is 5.82 Å². The molecule has 0 unspecified atom stereocenters. The van der Waals surface area contributed by atoms with Gasteiger partial charge in [-0.1, -0.05) is 6.07 Å². The summed E-state index contributed by atoms with van der Waals surface area (Å²) < 4.78 is 16.1. The minimum Gasteiger partial charge on any atom is -0.454 e. The van der Waals surface area contributed by atoms with Gasteiger partial charge in [0.15, 0.2) is 11.5 Å². The maximum absolute atomic E-state index is 5.64. The van der Waals surface area contributed by atoms with Gasteiger partial charge in [-0.2, -0.15) is 5.10 Å². The molecule has 0 fully saturated rings. The van der Waals surface area contributed by atoms with E-state index in [-0.39, 0.29) is 6.79 Å². The fourth-order valence-electron chi connectivity index (χ4n) is 2.05. The van der Waals surface area contributed by atoms with Crippen LogP contribution >= 0.6 is 0 Å². The van der Waals surface area contributed by atoms with Crippen LogP contribution in [0.4, 0.5) is 5.82 Å². The van der Waals surface area contributed by atoms with Gasteiger partial charge in [-0.05, 0) is 11.6 Å². The highest BCUT2D eigenvalue weighted by Gasteiger charge is 2.23. The van der Waals surface area contributed by atoms with Crippen LogP contribution in [-0.4, -0.2) is 24.1 Å². The van der Waals surface area contributed by atoms with Gasteiger partial charge in [-0.15, -0.1) is 0 Å². The lowest BCUT2D eigenvalue weighted by Crippen LogP contribution is -1.96. The van der Waals surface area contributed by atoms with Crippen LogP contribution in [0.2, 0.25) is 0 Å². The van der Waals surface area contributed by atoms with Gasteiger partial charge in [0.2, 0.25) is 6.79 Å². The summed E-state index contributed by atoms with van der Waals surface area (Å²) in [7, 11) is 1.65. The van der Waals surface area contributed by atoms with Crippen LogP contribution < -0.4 is 15.2 Å². The first-order valence-electron chi connectivity index (χ1n) is 5.51. The van der Waals surface area contributed by atoms with Crippen LogP contribution in [0, 0.1) is 0 Å². The third-order valence-corrected chi connectivity index (χ3v) is 2.79. The van der Waals surface area contributed by atoms with Crippen LogP contribution in [0.15, 0.2) is 18.2 Å². The van der Waals surface area contributed by atoms with Crippen LogP contribution in [0.5, 0.6) is 11.5 Å². The number of H-pyrrole nitrogens is 1. The van der Waals surface area contributed by atoms with Gasteiger partial charge < -0.3 is 19.9 Å². The number of methoxy groups -OCH3 is 1. The minimum atomic E-state index is 0.225. The Morgan fingerprint density at radius 3 is 3.06 bits per heavy atom. The molecule has 1 aliphatic rings. The molecule has 3 N–H and O–H groups in total. The zero-order chi connectivity index (χ0) is 12.5. The van der Waals surface area contributed by atoms with Crippen molar-refractivity contribution >= 4 is 5.82 Å². The molecule has 1 aromatic carbocycles. The number of ether oxygens (including phenoxy) is 3. The first-order valence-corrected chi connectivity index (χ1v) is 5.51. The van der Waals surface area contributed by atoms with E-state index < -0.39 is 0 Å². The summed E-state index contributed by atoms with van der Waals surface area (Å²) in [6, 6.07) is 5.58. The number of hydrogen-bond acceptors (Lipinski definition) is 5. The van der Waals surface area contributed by atoms with Gasteiger partial charge in [0, 0.05) is 13.2 Å². The third-order valence-electron chi connectivity index (χ3n) is 2.79. The summed E-state index contributed by atoms with van der Waals surface area (Å²) in [5, 5.41) is 6.82. The Labute approximate surface area is 104 Å². The Morgan fingerprint density at radius 1 is 1.44 bits per heavy atom. The average molecular weight is 247 g/mol. The van der Waals surface area contributed by atoms with Gasteiger partial charge in [0.25, 0.3) is 0 Å². The summed E-state index contributed by atoms with van der Waals surface area (Å²) in [5.74, 6) is 1.86. The Kier molecular flexibility index (Phi) is 2.56. The fourth-order valence-corrected chi connectivity index (χ4v) is 2.05. The van der Waals surface area contributed by atoms with Crippen LogP contribution in [0.3, 0.4) is 0 Å². The van der Waals surface area contributed by atoms with Gasteiger partial charge in [-0.3, -0.25) is 5.10 Å². The van der Waals surface area contributed by atoms with Crippen molar-refractivity contribution in [3.8, 4) is 22.8 Å². The van der Waals surface area contributed by atoms with E-state index in [1.54, 1.807) is 13.2 Å². The summed E-state index contributed by atoms with van der Waals surface area (Å²) in [6.45, 7) is 0.702. The first kappa shape index (κ1) is 10.9. The molecule has 6 nitrogen and oxygen atoms in total. The highest BCUT2D eigenvalue weighted by Crippen LogP contribution is 2.43. The lowest BCUT2D eigenvalue weighted by Gasteiger charge is -2.10. The highest BCUT2D eigenvalue weighted by molar-refractivity contribution is 5.76. The van der Waals surface area contributed by atoms with E-state index in [2.05, 4.69) is 10.2 Å². The number of nitrogen functional groups attached to an aromatic ring is 1. The molecular weight excluding hydrogens is 234 g/mol. The highest BCUT2D eigenvalue weighted by atomic mass is 16.7. The number of nitrogens with two attached hydrogens (primary N) is 1. The molecule has 2 heterocycles. The molecule has 0 spiro atoms. The average Bonchev–Trinajstić information content (AvgIpc) is 2.97. The van der Waals surface area contributed by atoms with E-state index in [9.17, 15) is 0 Å². The molecule has 0 radical (unpaired) electrons. The molecule has 18 heavy (non-hydrogen) atoms. The fraction of sp³-hybridized carbons (Fsp3) is 0.250. The number of anilines is 1. The Balaban J connectivity index is 2.18. The van der Waals surface area contributed by atoms with Crippen molar-refractivity contribution in [1.29, 1.82) is 0 Å². The number of fused-ring (bicyclic) bond motifs is 1. The van der Waals surface area contributed by atoms with Crippen LogP contribution in [-0.2, 0) is 11.3 Å². The van der Waals surface area contributed by atoms with Crippen molar-refractivity contribution in [3.05, 3.63) is 23.8 Å². The second-order valence-electron chi connectivity index (χ2n) is 3.97. The normalized spacial score (nSPS) is 12.9. The molecule has 1 aliphatic heterocycles. The van der Waals surface area contributed by atoms with E-state index in [0.29, 0.717) is 18.2 Å². The monoisotopic (exact) mass is 247 g/mol. The number of aromatic nitrogens is 2. The summed E-state index contributed by atoms with van der Waals surface area (Å²) in [5.41, 5.74) is 8.31. The molecule has 0 aliphatic carbocycles. The first-order chi connectivity index (χ1) is 8.79. The van der Waals surface area contributed by atoms with Crippen molar-refractivity contribution in [3.63, 3.8) is 0 Å². The van der Waals surface area contributed by atoms with E-state index in [0.717, 1.165) is 22.6 Å². The van der Waals surface area contributed by atoms with Gasteiger partial charge in [0.05, 0.1) is 17.9 Å². The Bertz CT molecular complexity index is 580. The predicted octanol–water partition coefficient (Wildman–Crippen LogP) is 1.53. The molecule has 6 heteroatoms. The molecule has 0 bridgehead atoms. The lowest BCUT2D eigenvalue weighted by atomic mass is 10.0. The molecule has 0 atom stereocenters. The lowest BCUT2D eigenvalue weighted by molar-refractivity contribution is 0.173. The zero-order valence-corrected chi connectivity index (χ0v) is 9.90. The molecule has 2 aromatic rings. The van der Waals surface area contributed by atoms with E-state index in [1.165, 1.54) is 0 Å². The van der Waals surface area contributed by atoms with Crippen molar-refractivity contribution in [1.82, 2.24) is 10.2 Å². The standard InChI is InChI=1S/C12H13N3O3/c1-16-5-7-2-3-9-12(18-6-17-9)11(7)8-4-10(13)15-14-8/h2-4H,5-6H2,1H3,(H3,13,14,15). The summed E-state index contributed by atoms with van der Waals surface area (Å²) >= 11 is 0. The maximum Gasteiger partial charge on any atom is 0.231 e. The molecule has 0 saturated heterocycles. The SMILES string of the molecule is COCc1ccc2c(c1-c1cc(N)n[nH]1)OCO2. The summed E-state index contributed by atoms with van der Waals surface area (Å²) in [4.78, 5) is 0. The topological polar surface area (TPSA) is 82.4 Å². The largest absolute Gasteiger partial charge is 0.454 e. The molecule has 94 valence electrons. The number of benzene rings is 1.